The van der Waals surface area contributed by atoms with E-state index in [1.54, 1.807) is 19.1 Å². The predicted octanol–water partition coefficient (Wildman–Crippen LogP) is 2.84. The van der Waals surface area contributed by atoms with Crippen LogP contribution in [-0.4, -0.2) is 30.5 Å². The summed E-state index contributed by atoms with van der Waals surface area (Å²) in [5.74, 6) is 0.431. The van der Waals surface area contributed by atoms with Gasteiger partial charge in [0.2, 0.25) is 15.9 Å². The fourth-order valence-electron chi connectivity index (χ4n) is 3.26. The van der Waals surface area contributed by atoms with Crippen LogP contribution in [0.15, 0.2) is 41.4 Å². The summed E-state index contributed by atoms with van der Waals surface area (Å²) in [6.45, 7) is 1.60. The fraction of sp³-hybridized carbons (Fsp3) is 0.368. The monoisotopic (exact) mass is 416 g/mol. The molecule has 0 radical (unpaired) electrons. The Hall–Kier alpha value is -3.03. The highest BCUT2D eigenvalue weighted by molar-refractivity contribution is 7.89. The number of hydrogen-bond acceptors (Lipinski definition) is 7. The molecule has 0 unspecified atom stereocenters. The van der Waals surface area contributed by atoms with Crippen LogP contribution in [-0.2, 0) is 10.0 Å². The molecular formula is C19H20N4O5S. The van der Waals surface area contributed by atoms with Gasteiger partial charge < -0.3 is 4.74 Å². The highest BCUT2D eigenvalue weighted by atomic mass is 32.2. The third-order valence-electron chi connectivity index (χ3n) is 4.82. The molecule has 1 aliphatic carbocycles. The molecule has 29 heavy (non-hydrogen) atoms. The van der Waals surface area contributed by atoms with Crippen molar-refractivity contribution in [3.05, 3.63) is 57.8 Å². The smallest absolute Gasteiger partial charge is 0.270 e. The Labute approximate surface area is 168 Å². The van der Waals surface area contributed by atoms with E-state index in [0.717, 1.165) is 6.07 Å². The van der Waals surface area contributed by atoms with Gasteiger partial charge >= 0.3 is 0 Å². The largest absolute Gasteiger partial charge is 0.474 e. The van der Waals surface area contributed by atoms with Crippen LogP contribution in [0.25, 0.3) is 0 Å². The molecular weight excluding hydrogens is 396 g/mol. The number of nitrogens with zero attached hydrogens (tertiary/aromatic N) is 3. The van der Waals surface area contributed by atoms with Gasteiger partial charge in [0.25, 0.3) is 5.69 Å². The molecule has 0 bridgehead atoms. The third-order valence-corrected chi connectivity index (χ3v) is 6.48. The minimum atomic E-state index is -3.87. The summed E-state index contributed by atoms with van der Waals surface area (Å²) in [5.41, 5.74) is 0.641. The van der Waals surface area contributed by atoms with E-state index >= 15 is 0 Å². The van der Waals surface area contributed by atoms with Crippen molar-refractivity contribution in [3.63, 3.8) is 0 Å². The van der Waals surface area contributed by atoms with Crippen molar-refractivity contribution in [1.82, 2.24) is 9.71 Å². The van der Waals surface area contributed by atoms with Crippen molar-refractivity contribution in [3.8, 4) is 11.9 Å². The second-order valence-corrected chi connectivity index (χ2v) is 8.60. The summed E-state index contributed by atoms with van der Waals surface area (Å²) in [6.07, 6.45) is 3.79. The first kappa shape index (κ1) is 20.7. The van der Waals surface area contributed by atoms with E-state index < -0.39 is 14.9 Å². The number of nitrogens with one attached hydrogen (secondary N) is 1. The Morgan fingerprint density at radius 2 is 1.97 bits per heavy atom. The van der Waals surface area contributed by atoms with E-state index in [1.165, 1.54) is 18.3 Å². The number of ether oxygens (including phenoxy) is 1. The standard InChI is InChI=1S/C19H20N4O5S/c1-13-2-6-16(23(24)25)10-18(13)29(26,27)22-15-4-7-17(8-5-15)28-19-9-3-14(11-20)12-21-19/h2-3,6,9-10,12,15,17,22H,4-5,7-8H2,1H3. The van der Waals surface area contributed by atoms with Crippen molar-refractivity contribution in [2.24, 2.45) is 0 Å². The van der Waals surface area contributed by atoms with E-state index in [9.17, 15) is 18.5 Å². The molecule has 1 aliphatic rings. The molecule has 0 saturated heterocycles. The lowest BCUT2D eigenvalue weighted by atomic mass is 9.94. The number of sulfonamides is 1. The molecule has 0 amide bonds. The van der Waals surface area contributed by atoms with Crippen LogP contribution < -0.4 is 9.46 Å². The van der Waals surface area contributed by atoms with E-state index in [0.29, 0.717) is 42.7 Å². The summed E-state index contributed by atoms with van der Waals surface area (Å²) in [5, 5.41) is 19.8. The minimum Gasteiger partial charge on any atom is -0.474 e. The summed E-state index contributed by atoms with van der Waals surface area (Å²) in [6, 6.07) is 8.79. The Bertz CT molecular complexity index is 1040. The zero-order chi connectivity index (χ0) is 21.0. The van der Waals surface area contributed by atoms with Crippen molar-refractivity contribution in [2.45, 2.75) is 49.6 Å². The summed E-state index contributed by atoms with van der Waals surface area (Å²) >= 11 is 0. The molecule has 1 fully saturated rings. The Morgan fingerprint density at radius 3 is 2.55 bits per heavy atom. The van der Waals surface area contributed by atoms with Crippen molar-refractivity contribution in [2.75, 3.05) is 0 Å². The molecule has 0 spiro atoms. The number of nitro benzene ring substituents is 1. The highest BCUT2D eigenvalue weighted by Crippen LogP contribution is 2.26. The predicted molar refractivity (Wildman–Crippen MR) is 104 cm³/mol. The Morgan fingerprint density at radius 1 is 1.24 bits per heavy atom. The van der Waals surface area contributed by atoms with E-state index in [2.05, 4.69) is 9.71 Å². The molecule has 1 saturated carbocycles. The average molecular weight is 416 g/mol. The molecule has 0 atom stereocenters. The number of hydrogen-bond donors (Lipinski definition) is 1. The first-order chi connectivity index (χ1) is 13.8. The van der Waals surface area contributed by atoms with Crippen LogP contribution >= 0.6 is 0 Å². The van der Waals surface area contributed by atoms with Crippen LogP contribution in [0.5, 0.6) is 5.88 Å². The molecule has 1 aromatic heterocycles. The van der Waals surface area contributed by atoms with Gasteiger partial charge in [0.15, 0.2) is 0 Å². The maximum Gasteiger partial charge on any atom is 0.270 e. The summed E-state index contributed by atoms with van der Waals surface area (Å²) < 4.78 is 33.9. The molecule has 10 heteroatoms. The first-order valence-electron chi connectivity index (χ1n) is 9.08. The maximum atomic E-state index is 12.7. The fourth-order valence-corrected chi connectivity index (χ4v) is 4.83. The van der Waals surface area contributed by atoms with Gasteiger partial charge in [0.05, 0.1) is 15.4 Å². The molecule has 1 heterocycles. The van der Waals surface area contributed by atoms with Crippen LogP contribution in [0.3, 0.4) is 0 Å². The second-order valence-electron chi connectivity index (χ2n) is 6.92. The minimum absolute atomic E-state index is 0.0770. The van der Waals surface area contributed by atoms with Gasteiger partial charge in [0, 0.05) is 30.4 Å². The molecule has 9 nitrogen and oxygen atoms in total. The van der Waals surface area contributed by atoms with Crippen LogP contribution in [0.4, 0.5) is 5.69 Å². The molecule has 1 aromatic carbocycles. The number of pyridine rings is 1. The van der Waals surface area contributed by atoms with Crippen molar-refractivity contribution in [1.29, 1.82) is 5.26 Å². The molecule has 2 aromatic rings. The highest BCUT2D eigenvalue weighted by Gasteiger charge is 2.28. The number of nitro groups is 1. The number of nitriles is 1. The van der Waals surface area contributed by atoms with Gasteiger partial charge in [-0.05, 0) is 44.2 Å². The Balaban J connectivity index is 1.60. The van der Waals surface area contributed by atoms with Crippen molar-refractivity contribution >= 4 is 15.7 Å². The van der Waals surface area contributed by atoms with Gasteiger partial charge in [0.1, 0.15) is 12.2 Å². The summed E-state index contributed by atoms with van der Waals surface area (Å²) in [7, 11) is -3.87. The lowest BCUT2D eigenvalue weighted by Gasteiger charge is -2.29. The van der Waals surface area contributed by atoms with Gasteiger partial charge in [-0.3, -0.25) is 10.1 Å². The van der Waals surface area contributed by atoms with Gasteiger partial charge in [-0.25, -0.2) is 18.1 Å². The van der Waals surface area contributed by atoms with Crippen LogP contribution in [0, 0.1) is 28.4 Å². The topological polar surface area (TPSA) is 135 Å². The average Bonchev–Trinajstić information content (AvgIpc) is 2.70. The quantitative estimate of drug-likeness (QED) is 0.565. The maximum absolute atomic E-state index is 12.7. The van der Waals surface area contributed by atoms with Crippen LogP contribution in [0.1, 0.15) is 36.8 Å². The van der Waals surface area contributed by atoms with E-state index in [1.807, 2.05) is 6.07 Å². The molecule has 0 aliphatic heterocycles. The SMILES string of the molecule is Cc1ccc([N+](=O)[O-])cc1S(=O)(=O)NC1CCC(Oc2ccc(C#N)cn2)CC1. The number of rotatable bonds is 6. The molecule has 152 valence electrons. The number of non-ortho nitro benzene ring substituents is 1. The van der Waals surface area contributed by atoms with Crippen LogP contribution in [0.2, 0.25) is 0 Å². The zero-order valence-electron chi connectivity index (χ0n) is 15.7. The molecule has 3 rings (SSSR count). The van der Waals surface area contributed by atoms with Gasteiger partial charge in [-0.2, -0.15) is 5.26 Å². The second kappa shape index (κ2) is 8.55. The van der Waals surface area contributed by atoms with E-state index in [-0.39, 0.29) is 22.7 Å². The third kappa shape index (κ3) is 5.07. The zero-order valence-corrected chi connectivity index (χ0v) is 16.6. The molecule has 1 N–H and O–H groups in total. The lowest BCUT2D eigenvalue weighted by Crippen LogP contribution is -2.39. The van der Waals surface area contributed by atoms with Gasteiger partial charge in [-0.1, -0.05) is 6.07 Å². The van der Waals surface area contributed by atoms with Crippen molar-refractivity contribution < 1.29 is 18.1 Å². The summed E-state index contributed by atoms with van der Waals surface area (Å²) in [4.78, 5) is 14.4. The first-order valence-corrected chi connectivity index (χ1v) is 10.6. The Kier molecular flexibility index (Phi) is 6.10. The van der Waals surface area contributed by atoms with E-state index in [4.69, 9.17) is 10.00 Å². The number of benzene rings is 1. The normalized spacial score (nSPS) is 19.3. The lowest BCUT2D eigenvalue weighted by molar-refractivity contribution is -0.385. The number of aryl methyl sites for hydroxylation is 1. The van der Waals surface area contributed by atoms with Gasteiger partial charge in [-0.15, -0.1) is 0 Å². The number of aromatic nitrogens is 1.